The predicted octanol–water partition coefficient (Wildman–Crippen LogP) is 3.40. The predicted molar refractivity (Wildman–Crippen MR) is 89.2 cm³/mol. The van der Waals surface area contributed by atoms with Gasteiger partial charge in [0.25, 0.3) is 5.91 Å². The number of H-pyrrole nitrogens is 1. The van der Waals surface area contributed by atoms with Crippen LogP contribution in [0.25, 0.3) is 0 Å². The number of methoxy groups -OCH3 is 1. The average Bonchev–Trinajstić information content (AvgIpc) is 2.92. The molecule has 0 aliphatic heterocycles. The van der Waals surface area contributed by atoms with Crippen LogP contribution in [0.1, 0.15) is 36.3 Å². The van der Waals surface area contributed by atoms with E-state index < -0.39 is 0 Å². The van der Waals surface area contributed by atoms with Crippen molar-refractivity contribution in [2.24, 2.45) is 5.92 Å². The highest BCUT2D eigenvalue weighted by molar-refractivity contribution is 6.04. The minimum absolute atomic E-state index is 0.247. The van der Waals surface area contributed by atoms with Crippen LogP contribution in [0.3, 0.4) is 0 Å². The number of anilines is 1. The van der Waals surface area contributed by atoms with Gasteiger partial charge >= 0.3 is 0 Å². The third-order valence-corrected chi connectivity index (χ3v) is 3.33. The van der Waals surface area contributed by atoms with Crippen molar-refractivity contribution >= 4 is 11.7 Å². The summed E-state index contributed by atoms with van der Waals surface area (Å²) in [6, 6.07) is 6.89. The van der Waals surface area contributed by atoms with Crippen molar-refractivity contribution < 1.29 is 14.3 Å². The van der Waals surface area contributed by atoms with Crippen molar-refractivity contribution in [3.05, 3.63) is 35.5 Å². The Morgan fingerprint density at radius 3 is 2.70 bits per heavy atom. The molecule has 0 fully saturated rings. The van der Waals surface area contributed by atoms with Crippen LogP contribution in [-0.4, -0.2) is 29.8 Å². The molecule has 2 aromatic rings. The fourth-order valence-corrected chi connectivity index (χ4v) is 2.00. The van der Waals surface area contributed by atoms with Gasteiger partial charge in [0.1, 0.15) is 0 Å². The molecule has 0 aliphatic carbocycles. The third-order valence-electron chi connectivity index (χ3n) is 3.33. The zero-order valence-corrected chi connectivity index (χ0v) is 14.0. The van der Waals surface area contributed by atoms with Crippen molar-refractivity contribution in [3.63, 3.8) is 0 Å². The number of aromatic nitrogens is 2. The van der Waals surface area contributed by atoms with Gasteiger partial charge in [-0.05, 0) is 37.5 Å². The van der Waals surface area contributed by atoms with Gasteiger partial charge in [-0.15, -0.1) is 0 Å². The number of amides is 1. The van der Waals surface area contributed by atoms with Crippen LogP contribution in [0.4, 0.5) is 5.82 Å². The van der Waals surface area contributed by atoms with Crippen LogP contribution in [0.2, 0.25) is 0 Å². The summed E-state index contributed by atoms with van der Waals surface area (Å²) in [5, 5.41) is 9.50. The molecule has 0 atom stereocenters. The monoisotopic (exact) mass is 317 g/mol. The SMILES string of the molecule is COc1cc(C(=O)Nc2cc(C)[nH]n2)ccc1OCCC(C)C. The van der Waals surface area contributed by atoms with Crippen LogP contribution in [-0.2, 0) is 0 Å². The molecule has 1 aromatic carbocycles. The van der Waals surface area contributed by atoms with Crippen LogP contribution in [0, 0.1) is 12.8 Å². The normalized spacial score (nSPS) is 10.7. The molecule has 124 valence electrons. The lowest BCUT2D eigenvalue weighted by Crippen LogP contribution is -2.12. The molecule has 6 nitrogen and oxygen atoms in total. The first-order valence-corrected chi connectivity index (χ1v) is 7.63. The smallest absolute Gasteiger partial charge is 0.257 e. The van der Waals surface area contributed by atoms with Crippen molar-refractivity contribution in [2.75, 3.05) is 19.0 Å². The van der Waals surface area contributed by atoms with E-state index in [0.717, 1.165) is 12.1 Å². The van der Waals surface area contributed by atoms with Crippen LogP contribution in [0.15, 0.2) is 24.3 Å². The molecule has 6 heteroatoms. The number of carbonyl (C=O) groups is 1. The number of aryl methyl sites for hydroxylation is 1. The minimum atomic E-state index is -0.247. The zero-order chi connectivity index (χ0) is 16.8. The number of aromatic amines is 1. The zero-order valence-electron chi connectivity index (χ0n) is 14.0. The number of ether oxygens (including phenoxy) is 2. The average molecular weight is 317 g/mol. The summed E-state index contributed by atoms with van der Waals surface area (Å²) >= 11 is 0. The second kappa shape index (κ2) is 7.67. The molecule has 2 rings (SSSR count). The maximum atomic E-state index is 12.2. The molecule has 0 saturated heterocycles. The first kappa shape index (κ1) is 16.9. The van der Waals surface area contributed by atoms with Crippen molar-refractivity contribution in [3.8, 4) is 11.5 Å². The Morgan fingerprint density at radius 2 is 2.09 bits per heavy atom. The number of hydrogen-bond donors (Lipinski definition) is 2. The molecule has 2 N–H and O–H groups in total. The van der Waals surface area contributed by atoms with Crippen LogP contribution >= 0.6 is 0 Å². The van der Waals surface area contributed by atoms with E-state index in [1.54, 1.807) is 31.4 Å². The summed E-state index contributed by atoms with van der Waals surface area (Å²) in [6.07, 6.45) is 0.962. The second-order valence-corrected chi connectivity index (χ2v) is 5.79. The number of benzene rings is 1. The number of nitrogens with zero attached hydrogens (tertiary/aromatic N) is 1. The standard InChI is InChI=1S/C17H23N3O3/c1-11(2)7-8-23-14-6-5-13(10-15(14)22-4)17(21)18-16-9-12(3)19-20-16/h5-6,9-11H,7-8H2,1-4H3,(H2,18,19,20,21). The maximum absolute atomic E-state index is 12.2. The van der Waals surface area contributed by atoms with Gasteiger partial charge in [-0.25, -0.2) is 0 Å². The summed E-state index contributed by atoms with van der Waals surface area (Å²) in [6.45, 7) is 6.77. The molecule has 0 radical (unpaired) electrons. The molecule has 0 bridgehead atoms. The molecular formula is C17H23N3O3. The fraction of sp³-hybridized carbons (Fsp3) is 0.412. The minimum Gasteiger partial charge on any atom is -0.493 e. The van der Waals surface area contributed by atoms with E-state index in [1.807, 2.05) is 6.92 Å². The number of carbonyl (C=O) groups excluding carboxylic acids is 1. The molecule has 1 heterocycles. The molecule has 0 unspecified atom stereocenters. The van der Waals surface area contributed by atoms with Gasteiger partial charge in [-0.1, -0.05) is 13.8 Å². The van der Waals surface area contributed by atoms with Crippen molar-refractivity contribution in [1.29, 1.82) is 0 Å². The molecular weight excluding hydrogens is 294 g/mol. The quantitative estimate of drug-likeness (QED) is 0.820. The lowest BCUT2D eigenvalue weighted by molar-refractivity contribution is 0.102. The third kappa shape index (κ3) is 4.74. The lowest BCUT2D eigenvalue weighted by Gasteiger charge is -2.13. The van der Waals surface area contributed by atoms with Gasteiger partial charge in [-0.3, -0.25) is 9.89 Å². The molecule has 0 aliphatic rings. The van der Waals surface area contributed by atoms with Crippen LogP contribution < -0.4 is 14.8 Å². The summed E-state index contributed by atoms with van der Waals surface area (Å²) < 4.78 is 11.0. The Bertz CT molecular complexity index is 665. The number of hydrogen-bond acceptors (Lipinski definition) is 4. The Balaban J connectivity index is 2.06. The highest BCUT2D eigenvalue weighted by Crippen LogP contribution is 2.28. The Labute approximate surface area is 136 Å². The number of nitrogens with one attached hydrogen (secondary N) is 2. The topological polar surface area (TPSA) is 76.2 Å². The van der Waals surface area contributed by atoms with E-state index in [0.29, 0.717) is 35.4 Å². The fourth-order valence-electron chi connectivity index (χ4n) is 2.00. The van der Waals surface area contributed by atoms with Gasteiger partial charge in [-0.2, -0.15) is 5.10 Å². The van der Waals surface area contributed by atoms with Crippen molar-refractivity contribution in [2.45, 2.75) is 27.2 Å². The molecule has 0 saturated carbocycles. The summed E-state index contributed by atoms with van der Waals surface area (Å²) in [7, 11) is 1.56. The summed E-state index contributed by atoms with van der Waals surface area (Å²) in [5.41, 5.74) is 1.37. The Hall–Kier alpha value is -2.50. The van der Waals surface area contributed by atoms with Gasteiger partial charge in [0, 0.05) is 17.3 Å². The largest absolute Gasteiger partial charge is 0.493 e. The van der Waals surface area contributed by atoms with Gasteiger partial charge in [0.15, 0.2) is 17.3 Å². The summed E-state index contributed by atoms with van der Waals surface area (Å²) in [4.78, 5) is 12.2. The van der Waals surface area contributed by atoms with Gasteiger partial charge in [0.2, 0.25) is 0 Å². The Kier molecular flexibility index (Phi) is 5.62. The van der Waals surface area contributed by atoms with E-state index in [-0.39, 0.29) is 5.91 Å². The maximum Gasteiger partial charge on any atom is 0.257 e. The first-order valence-electron chi connectivity index (χ1n) is 7.63. The second-order valence-electron chi connectivity index (χ2n) is 5.79. The molecule has 1 aromatic heterocycles. The van der Waals surface area contributed by atoms with Gasteiger partial charge < -0.3 is 14.8 Å². The molecule has 23 heavy (non-hydrogen) atoms. The van der Waals surface area contributed by atoms with E-state index in [1.165, 1.54) is 0 Å². The van der Waals surface area contributed by atoms with Gasteiger partial charge in [0.05, 0.1) is 13.7 Å². The van der Waals surface area contributed by atoms with E-state index >= 15 is 0 Å². The highest BCUT2D eigenvalue weighted by Gasteiger charge is 2.12. The van der Waals surface area contributed by atoms with E-state index in [9.17, 15) is 4.79 Å². The highest BCUT2D eigenvalue weighted by atomic mass is 16.5. The van der Waals surface area contributed by atoms with E-state index in [4.69, 9.17) is 9.47 Å². The number of rotatable bonds is 7. The first-order chi connectivity index (χ1) is 11.0. The van der Waals surface area contributed by atoms with Crippen molar-refractivity contribution in [1.82, 2.24) is 10.2 Å². The van der Waals surface area contributed by atoms with Crippen LogP contribution in [0.5, 0.6) is 11.5 Å². The molecule has 1 amide bonds. The molecule has 0 spiro atoms. The van der Waals surface area contributed by atoms with E-state index in [2.05, 4.69) is 29.4 Å². The summed E-state index contributed by atoms with van der Waals surface area (Å²) in [5.74, 6) is 2.00. The Morgan fingerprint density at radius 1 is 1.30 bits per heavy atom. The lowest BCUT2D eigenvalue weighted by atomic mass is 10.1.